The first-order chi connectivity index (χ1) is 35.2. The van der Waals surface area contributed by atoms with Crippen molar-refractivity contribution in [2.24, 2.45) is 0 Å². The SMILES string of the molecule is CC(C)(C)c1ccc(N(c2ccc(C(C)(C)C)cc2)c2ccc3c(c2)C2(c4ccccc4-c4ccccc42)c2cc(N(c4ccc(C(C)(C)C)cc4)c4ccc(C(C)(C)C)cc4)c4c(sc5ccccc54)c2-3)cc1. The van der Waals surface area contributed by atoms with E-state index < -0.39 is 5.41 Å². The van der Waals surface area contributed by atoms with Gasteiger partial charge in [0.25, 0.3) is 0 Å². The van der Waals surface area contributed by atoms with E-state index in [2.05, 4.69) is 287 Å². The Balaban J connectivity index is 1.18. The Labute approximate surface area is 444 Å². The molecule has 0 amide bonds. The summed E-state index contributed by atoms with van der Waals surface area (Å²) in [5, 5.41) is 2.57. The van der Waals surface area contributed by atoms with Gasteiger partial charge in [-0.15, -0.1) is 11.3 Å². The third-order valence-electron chi connectivity index (χ3n) is 16.1. The summed E-state index contributed by atoms with van der Waals surface area (Å²) in [5.41, 5.74) is 22.2. The van der Waals surface area contributed by atoms with Gasteiger partial charge >= 0.3 is 0 Å². The Morgan fingerprint density at radius 3 is 1.18 bits per heavy atom. The summed E-state index contributed by atoms with van der Waals surface area (Å²) >= 11 is 1.94. The number of anilines is 6. The highest BCUT2D eigenvalue weighted by Crippen LogP contribution is 2.66. The van der Waals surface area contributed by atoms with Crippen LogP contribution in [0.5, 0.6) is 0 Å². The van der Waals surface area contributed by atoms with Crippen molar-refractivity contribution in [3.63, 3.8) is 0 Å². The minimum Gasteiger partial charge on any atom is -0.310 e. The largest absolute Gasteiger partial charge is 0.310 e. The fraction of sp³-hybridized carbons (Fsp3) is 0.239. The number of hydrogen-bond donors (Lipinski definition) is 0. The number of fused-ring (bicyclic) bond motifs is 14. The highest BCUT2D eigenvalue weighted by molar-refractivity contribution is 7.26. The average Bonchev–Trinajstić information content (AvgIpc) is 4.03. The topological polar surface area (TPSA) is 6.48 Å². The molecule has 368 valence electrons. The number of hydrogen-bond acceptors (Lipinski definition) is 3. The summed E-state index contributed by atoms with van der Waals surface area (Å²) in [5.74, 6) is 0. The maximum absolute atomic E-state index is 2.61. The summed E-state index contributed by atoms with van der Waals surface area (Å²) < 4.78 is 2.61. The van der Waals surface area contributed by atoms with Crippen molar-refractivity contribution in [1.82, 2.24) is 0 Å². The van der Waals surface area contributed by atoms with E-state index in [0.717, 1.165) is 28.4 Å². The van der Waals surface area contributed by atoms with Gasteiger partial charge in [-0.2, -0.15) is 0 Å². The van der Waals surface area contributed by atoms with Crippen molar-refractivity contribution in [3.05, 3.63) is 239 Å². The molecule has 74 heavy (non-hydrogen) atoms. The summed E-state index contributed by atoms with van der Waals surface area (Å²) in [6.45, 7) is 27.6. The predicted molar refractivity (Wildman–Crippen MR) is 320 cm³/mol. The predicted octanol–water partition coefficient (Wildman–Crippen LogP) is 20.5. The lowest BCUT2D eigenvalue weighted by molar-refractivity contribution is 0.590. The van der Waals surface area contributed by atoms with Crippen LogP contribution in [-0.2, 0) is 27.1 Å². The molecule has 0 radical (unpaired) electrons. The standard InChI is InChI=1S/C71H68N2S/c1-67(2,3)45-25-33-49(34-26-45)72(50-35-27-46(28-36-50)68(4,5)6)53-41-42-56-60(43-53)71(58-22-16-13-19-54(58)55-20-14-17-23-59(55)71)61-44-62(65-57-21-15-18-24-63(57)74-66(65)64(56)61)73(51-37-29-47(30-38-51)69(7,8)9)52-39-31-48(32-40-52)70(10,11)12/h13-44H,1-12H3. The lowest BCUT2D eigenvalue weighted by atomic mass is 9.70. The fourth-order valence-corrected chi connectivity index (χ4v) is 13.4. The molecule has 2 aliphatic carbocycles. The first-order valence-corrected chi connectivity index (χ1v) is 27.4. The van der Waals surface area contributed by atoms with Crippen LogP contribution in [-0.4, -0.2) is 0 Å². The molecule has 0 N–H and O–H groups in total. The van der Waals surface area contributed by atoms with Crippen molar-refractivity contribution >= 4 is 65.6 Å². The van der Waals surface area contributed by atoms with Gasteiger partial charge in [0, 0.05) is 54.2 Å². The van der Waals surface area contributed by atoms with Crippen LogP contribution in [0.1, 0.15) is 128 Å². The Hall–Kier alpha value is -7.20. The summed E-state index contributed by atoms with van der Waals surface area (Å²) in [6, 6.07) is 74.9. The van der Waals surface area contributed by atoms with Crippen LogP contribution in [0.25, 0.3) is 42.4 Å². The number of rotatable bonds is 6. The molecule has 2 nitrogen and oxygen atoms in total. The molecular weight excluding hydrogens is 913 g/mol. The Bertz CT molecular complexity index is 3630. The maximum atomic E-state index is 2.61. The highest BCUT2D eigenvalue weighted by atomic mass is 32.1. The molecule has 0 saturated carbocycles. The molecule has 1 spiro atoms. The van der Waals surface area contributed by atoms with E-state index in [4.69, 9.17) is 0 Å². The van der Waals surface area contributed by atoms with Gasteiger partial charge in [0.15, 0.2) is 0 Å². The number of nitrogens with zero attached hydrogens (tertiary/aromatic N) is 2. The van der Waals surface area contributed by atoms with Gasteiger partial charge in [0.2, 0.25) is 0 Å². The second-order valence-corrected chi connectivity index (χ2v) is 26.1. The lowest BCUT2D eigenvalue weighted by Gasteiger charge is -2.34. The first-order valence-electron chi connectivity index (χ1n) is 26.6. The third-order valence-corrected chi connectivity index (χ3v) is 17.3. The van der Waals surface area contributed by atoms with Crippen LogP contribution in [0.15, 0.2) is 194 Å². The lowest BCUT2D eigenvalue weighted by Crippen LogP contribution is -2.26. The van der Waals surface area contributed by atoms with Crippen molar-refractivity contribution < 1.29 is 0 Å². The normalized spacial score (nSPS) is 13.8. The van der Waals surface area contributed by atoms with Gasteiger partial charge < -0.3 is 9.80 Å². The maximum Gasteiger partial charge on any atom is 0.0727 e. The van der Waals surface area contributed by atoms with E-state index in [1.165, 1.54) is 92.6 Å². The van der Waals surface area contributed by atoms with Crippen LogP contribution in [0.4, 0.5) is 34.1 Å². The van der Waals surface area contributed by atoms with Gasteiger partial charge in [-0.1, -0.05) is 204 Å². The highest BCUT2D eigenvalue weighted by Gasteiger charge is 2.53. The Morgan fingerprint density at radius 2 is 0.730 bits per heavy atom. The summed E-state index contributed by atoms with van der Waals surface area (Å²) in [6.07, 6.45) is 0. The number of benzene rings is 9. The zero-order valence-corrected chi connectivity index (χ0v) is 46.1. The molecule has 0 unspecified atom stereocenters. The van der Waals surface area contributed by atoms with Crippen LogP contribution in [0.2, 0.25) is 0 Å². The average molecular weight is 981 g/mol. The molecule has 1 aromatic heterocycles. The van der Waals surface area contributed by atoms with Crippen molar-refractivity contribution in [2.45, 2.75) is 110 Å². The van der Waals surface area contributed by atoms with Crippen molar-refractivity contribution in [3.8, 4) is 22.3 Å². The molecule has 0 bridgehead atoms. The van der Waals surface area contributed by atoms with Crippen molar-refractivity contribution in [1.29, 1.82) is 0 Å². The monoisotopic (exact) mass is 981 g/mol. The molecule has 1 heterocycles. The second-order valence-electron chi connectivity index (χ2n) is 25.0. The van der Waals surface area contributed by atoms with Gasteiger partial charge in [-0.25, -0.2) is 0 Å². The van der Waals surface area contributed by atoms with Crippen LogP contribution >= 0.6 is 11.3 Å². The molecular formula is C71H68N2S. The molecule has 2 aliphatic rings. The molecule has 0 fully saturated rings. The third kappa shape index (κ3) is 7.56. The summed E-state index contributed by atoms with van der Waals surface area (Å²) in [7, 11) is 0. The molecule has 3 heteroatoms. The minimum atomic E-state index is -0.622. The van der Waals surface area contributed by atoms with E-state index in [9.17, 15) is 0 Å². The first kappa shape index (κ1) is 47.8. The number of thiophene rings is 1. The van der Waals surface area contributed by atoms with Crippen LogP contribution in [0.3, 0.4) is 0 Å². The molecule has 9 aromatic carbocycles. The Morgan fingerprint density at radius 1 is 0.338 bits per heavy atom. The molecule has 0 atom stereocenters. The quantitative estimate of drug-likeness (QED) is 0.164. The minimum absolute atomic E-state index is 0.0176. The van der Waals surface area contributed by atoms with Gasteiger partial charge in [0.05, 0.1) is 11.1 Å². The van der Waals surface area contributed by atoms with E-state index in [0.29, 0.717) is 0 Å². The molecule has 12 rings (SSSR count). The van der Waals surface area contributed by atoms with Crippen molar-refractivity contribution in [2.75, 3.05) is 9.80 Å². The fourth-order valence-electron chi connectivity index (χ4n) is 12.1. The van der Waals surface area contributed by atoms with Gasteiger partial charge in [-0.3, -0.25) is 0 Å². The summed E-state index contributed by atoms with van der Waals surface area (Å²) in [4.78, 5) is 5.03. The van der Waals surface area contributed by atoms with E-state index in [1.54, 1.807) is 0 Å². The molecule has 10 aromatic rings. The smallest absolute Gasteiger partial charge is 0.0727 e. The van der Waals surface area contributed by atoms with Gasteiger partial charge in [0.1, 0.15) is 0 Å². The van der Waals surface area contributed by atoms with E-state index in [-0.39, 0.29) is 21.7 Å². The van der Waals surface area contributed by atoms with Crippen LogP contribution in [0, 0.1) is 0 Å². The zero-order chi connectivity index (χ0) is 51.7. The van der Waals surface area contributed by atoms with Crippen LogP contribution < -0.4 is 9.80 Å². The van der Waals surface area contributed by atoms with Gasteiger partial charge in [-0.05, 0) is 156 Å². The van der Waals surface area contributed by atoms with E-state index >= 15 is 0 Å². The van der Waals surface area contributed by atoms with E-state index in [1.807, 2.05) is 11.3 Å². The Kier molecular flexibility index (Phi) is 10.9. The zero-order valence-electron chi connectivity index (χ0n) is 45.3. The molecule has 0 aliphatic heterocycles. The molecule has 0 saturated heterocycles. The second kappa shape index (κ2) is 16.9.